The topological polar surface area (TPSA) is 66.2 Å². The third kappa shape index (κ3) is 5.64. The number of hydrogen-bond acceptors (Lipinski definition) is 6. The maximum absolute atomic E-state index is 12.7. The molecule has 33 heavy (non-hydrogen) atoms. The van der Waals surface area contributed by atoms with E-state index in [1.807, 2.05) is 60.0 Å². The van der Waals surface area contributed by atoms with Crippen LogP contribution in [0.2, 0.25) is 0 Å². The molecule has 0 aliphatic carbocycles. The quantitative estimate of drug-likeness (QED) is 0.201. The molecular formula is C25H22BrN3O3S. The number of halogens is 1. The summed E-state index contributed by atoms with van der Waals surface area (Å²) in [4.78, 5) is 12.7. The molecule has 0 saturated carbocycles. The fourth-order valence-corrected chi connectivity index (χ4v) is 4.34. The van der Waals surface area contributed by atoms with Gasteiger partial charge in [0, 0.05) is 10.0 Å². The van der Waals surface area contributed by atoms with Crippen molar-refractivity contribution in [1.82, 2.24) is 14.8 Å². The summed E-state index contributed by atoms with van der Waals surface area (Å²) in [5, 5.41) is 9.38. The van der Waals surface area contributed by atoms with Crippen molar-refractivity contribution in [3.63, 3.8) is 0 Å². The van der Waals surface area contributed by atoms with Gasteiger partial charge < -0.3 is 9.47 Å². The molecule has 3 aromatic carbocycles. The summed E-state index contributed by atoms with van der Waals surface area (Å²) in [6, 6.07) is 22.7. The molecule has 0 N–H and O–H groups in total. The van der Waals surface area contributed by atoms with Crippen molar-refractivity contribution in [2.24, 2.45) is 0 Å². The van der Waals surface area contributed by atoms with Gasteiger partial charge in [-0.15, -0.1) is 10.2 Å². The molecule has 0 saturated heterocycles. The average Bonchev–Trinajstić information content (AvgIpc) is 3.25. The summed E-state index contributed by atoms with van der Waals surface area (Å²) in [7, 11) is 1.60. The third-order valence-electron chi connectivity index (χ3n) is 4.98. The first-order chi connectivity index (χ1) is 16.0. The van der Waals surface area contributed by atoms with Gasteiger partial charge in [-0.1, -0.05) is 45.9 Å². The molecule has 0 amide bonds. The number of ketones is 1. The SMILES string of the molecule is COc1ccc(C(=O)CSc2nnc(COc3ccc(Br)cc3)n2-c2ccccc2C)cc1. The number of nitrogens with zero attached hydrogens (tertiary/aromatic N) is 3. The Bertz CT molecular complexity index is 1240. The van der Waals surface area contributed by atoms with Gasteiger partial charge in [-0.3, -0.25) is 9.36 Å². The molecule has 0 fully saturated rings. The maximum Gasteiger partial charge on any atom is 0.196 e. The Labute approximate surface area is 205 Å². The van der Waals surface area contributed by atoms with E-state index in [4.69, 9.17) is 9.47 Å². The zero-order chi connectivity index (χ0) is 23.2. The lowest BCUT2D eigenvalue weighted by Crippen LogP contribution is -2.09. The van der Waals surface area contributed by atoms with Gasteiger partial charge in [0.25, 0.3) is 0 Å². The van der Waals surface area contributed by atoms with Crippen LogP contribution in [0.25, 0.3) is 5.69 Å². The van der Waals surface area contributed by atoms with Crippen LogP contribution in [-0.4, -0.2) is 33.4 Å². The van der Waals surface area contributed by atoms with E-state index < -0.39 is 0 Å². The fourth-order valence-electron chi connectivity index (χ4n) is 3.21. The minimum atomic E-state index is 0.00893. The van der Waals surface area contributed by atoms with Gasteiger partial charge in [-0.25, -0.2) is 0 Å². The molecule has 0 aliphatic heterocycles. The lowest BCUT2D eigenvalue weighted by molar-refractivity contribution is 0.102. The predicted molar refractivity (Wildman–Crippen MR) is 133 cm³/mol. The molecule has 0 unspecified atom stereocenters. The minimum Gasteiger partial charge on any atom is -0.497 e. The fraction of sp³-hybridized carbons (Fsp3) is 0.160. The van der Waals surface area contributed by atoms with Gasteiger partial charge in [-0.2, -0.15) is 0 Å². The highest BCUT2D eigenvalue weighted by Crippen LogP contribution is 2.26. The Kier molecular flexibility index (Phi) is 7.47. The highest BCUT2D eigenvalue weighted by molar-refractivity contribution is 9.10. The molecule has 1 aromatic heterocycles. The van der Waals surface area contributed by atoms with Gasteiger partial charge in [-0.05, 0) is 67.1 Å². The molecule has 0 radical (unpaired) electrons. The largest absolute Gasteiger partial charge is 0.497 e. The molecule has 0 aliphatic rings. The van der Waals surface area contributed by atoms with Crippen LogP contribution in [0.5, 0.6) is 11.5 Å². The number of rotatable bonds is 9. The van der Waals surface area contributed by atoms with E-state index >= 15 is 0 Å². The Hall–Kier alpha value is -3.10. The monoisotopic (exact) mass is 523 g/mol. The maximum atomic E-state index is 12.7. The lowest BCUT2D eigenvalue weighted by atomic mass is 10.1. The number of ether oxygens (including phenoxy) is 2. The molecule has 0 bridgehead atoms. The summed E-state index contributed by atoms with van der Waals surface area (Å²) in [6.07, 6.45) is 0. The summed E-state index contributed by atoms with van der Waals surface area (Å²) in [5.74, 6) is 2.36. The number of thioether (sulfide) groups is 1. The van der Waals surface area contributed by atoms with Gasteiger partial charge in [0.1, 0.15) is 18.1 Å². The standard InChI is InChI=1S/C25H22BrN3O3S/c1-17-5-3-4-6-22(17)29-24(15-32-21-13-9-19(26)10-14-21)27-28-25(29)33-16-23(30)18-7-11-20(31-2)12-8-18/h3-14H,15-16H2,1-2H3. The van der Waals surface area contributed by atoms with Crippen LogP contribution in [0.15, 0.2) is 82.4 Å². The Morgan fingerprint density at radius 2 is 1.67 bits per heavy atom. The number of benzene rings is 3. The first kappa shape index (κ1) is 23.1. The van der Waals surface area contributed by atoms with Crippen molar-refractivity contribution in [2.75, 3.05) is 12.9 Å². The number of carbonyl (C=O) groups is 1. The van der Waals surface area contributed by atoms with Crippen LogP contribution >= 0.6 is 27.7 Å². The van der Waals surface area contributed by atoms with E-state index in [0.717, 1.165) is 21.5 Å². The van der Waals surface area contributed by atoms with E-state index in [1.165, 1.54) is 11.8 Å². The second-order valence-corrected chi connectivity index (χ2v) is 9.06. The second kappa shape index (κ2) is 10.7. The molecule has 0 spiro atoms. The van der Waals surface area contributed by atoms with Crippen LogP contribution in [0, 0.1) is 6.92 Å². The first-order valence-electron chi connectivity index (χ1n) is 10.2. The predicted octanol–water partition coefficient (Wildman–Crippen LogP) is 5.90. The van der Waals surface area contributed by atoms with Crippen molar-refractivity contribution < 1.29 is 14.3 Å². The number of hydrogen-bond donors (Lipinski definition) is 0. The summed E-state index contributed by atoms with van der Waals surface area (Å²) >= 11 is 4.78. The molecule has 4 aromatic rings. The van der Waals surface area contributed by atoms with Crippen LogP contribution in [0.1, 0.15) is 21.7 Å². The van der Waals surface area contributed by atoms with Crippen LogP contribution in [-0.2, 0) is 6.61 Å². The van der Waals surface area contributed by atoms with E-state index in [-0.39, 0.29) is 18.1 Å². The molecule has 1 heterocycles. The normalized spacial score (nSPS) is 10.8. The van der Waals surface area contributed by atoms with Crippen molar-refractivity contribution in [1.29, 1.82) is 0 Å². The number of Topliss-reactive ketones (excluding diaryl/α,β-unsaturated/α-hetero) is 1. The Balaban J connectivity index is 1.56. The minimum absolute atomic E-state index is 0.00893. The lowest BCUT2D eigenvalue weighted by Gasteiger charge is -2.13. The van der Waals surface area contributed by atoms with Crippen LogP contribution in [0.4, 0.5) is 0 Å². The molecule has 4 rings (SSSR count). The average molecular weight is 524 g/mol. The molecular weight excluding hydrogens is 502 g/mol. The first-order valence-corrected chi connectivity index (χ1v) is 12.0. The van der Waals surface area contributed by atoms with E-state index in [1.54, 1.807) is 31.4 Å². The van der Waals surface area contributed by atoms with Crippen molar-refractivity contribution in [2.45, 2.75) is 18.7 Å². The number of aromatic nitrogens is 3. The third-order valence-corrected chi connectivity index (χ3v) is 6.44. The summed E-state index contributed by atoms with van der Waals surface area (Å²) in [5.41, 5.74) is 2.66. The van der Waals surface area contributed by atoms with Crippen molar-refractivity contribution in [3.05, 3.63) is 94.2 Å². The van der Waals surface area contributed by atoms with Crippen molar-refractivity contribution >= 4 is 33.5 Å². The number of methoxy groups -OCH3 is 1. The summed E-state index contributed by atoms with van der Waals surface area (Å²) < 4.78 is 14.1. The zero-order valence-corrected chi connectivity index (χ0v) is 20.6. The number of aryl methyl sites for hydroxylation is 1. The highest BCUT2D eigenvalue weighted by Gasteiger charge is 2.18. The van der Waals surface area contributed by atoms with Crippen LogP contribution < -0.4 is 9.47 Å². The van der Waals surface area contributed by atoms with Gasteiger partial charge in [0.05, 0.1) is 18.6 Å². The smallest absolute Gasteiger partial charge is 0.196 e. The zero-order valence-electron chi connectivity index (χ0n) is 18.2. The Morgan fingerprint density at radius 1 is 0.970 bits per heavy atom. The van der Waals surface area contributed by atoms with Crippen molar-refractivity contribution in [3.8, 4) is 17.2 Å². The highest BCUT2D eigenvalue weighted by atomic mass is 79.9. The molecule has 0 atom stereocenters. The van der Waals surface area contributed by atoms with Crippen LogP contribution in [0.3, 0.4) is 0 Å². The molecule has 6 nitrogen and oxygen atoms in total. The molecule has 168 valence electrons. The van der Waals surface area contributed by atoms with E-state index in [2.05, 4.69) is 26.1 Å². The Morgan fingerprint density at radius 3 is 2.36 bits per heavy atom. The molecule has 8 heteroatoms. The van der Waals surface area contributed by atoms with E-state index in [0.29, 0.717) is 22.3 Å². The number of para-hydroxylation sites is 1. The second-order valence-electron chi connectivity index (χ2n) is 7.20. The van der Waals surface area contributed by atoms with Gasteiger partial charge >= 0.3 is 0 Å². The number of carbonyl (C=O) groups excluding carboxylic acids is 1. The van der Waals surface area contributed by atoms with Gasteiger partial charge in [0.2, 0.25) is 0 Å². The van der Waals surface area contributed by atoms with Gasteiger partial charge in [0.15, 0.2) is 16.8 Å². The van der Waals surface area contributed by atoms with E-state index in [9.17, 15) is 4.79 Å². The summed E-state index contributed by atoms with van der Waals surface area (Å²) in [6.45, 7) is 2.28.